The van der Waals surface area contributed by atoms with E-state index in [9.17, 15) is 4.79 Å². The molecule has 118 valence electrons. The lowest BCUT2D eigenvalue weighted by molar-refractivity contribution is -0.126. The van der Waals surface area contributed by atoms with Gasteiger partial charge in [-0.05, 0) is 37.6 Å². The lowest BCUT2D eigenvalue weighted by Crippen LogP contribution is -2.34. The van der Waals surface area contributed by atoms with Crippen LogP contribution in [-0.4, -0.2) is 32.7 Å². The van der Waals surface area contributed by atoms with Gasteiger partial charge in [-0.15, -0.1) is 0 Å². The highest BCUT2D eigenvalue weighted by Gasteiger charge is 2.15. The summed E-state index contributed by atoms with van der Waals surface area (Å²) in [6, 6.07) is 5.60. The minimum Gasteiger partial charge on any atom is -0.497 e. The van der Waals surface area contributed by atoms with E-state index in [-0.39, 0.29) is 5.91 Å². The number of hydrogen-bond donors (Lipinski definition) is 2. The molecular weight excluding hydrogens is 268 g/mol. The minimum absolute atomic E-state index is 0.146. The van der Waals surface area contributed by atoms with Crippen molar-refractivity contribution in [1.29, 1.82) is 0 Å². The summed E-state index contributed by atoms with van der Waals surface area (Å²) in [5, 5.41) is 5.95. The molecule has 1 atom stereocenters. The Morgan fingerprint density at radius 3 is 2.57 bits per heavy atom. The predicted molar refractivity (Wildman–Crippen MR) is 83.7 cm³/mol. The summed E-state index contributed by atoms with van der Waals surface area (Å²) in [5.41, 5.74) is 0.978. The molecule has 5 heteroatoms. The van der Waals surface area contributed by atoms with Crippen LogP contribution >= 0.6 is 0 Å². The molecule has 0 fully saturated rings. The lowest BCUT2D eigenvalue weighted by Gasteiger charge is -2.18. The fraction of sp³-hybridized carbons (Fsp3) is 0.562. The summed E-state index contributed by atoms with van der Waals surface area (Å²) in [4.78, 5) is 11.6. The molecule has 1 rings (SSSR count). The van der Waals surface area contributed by atoms with E-state index >= 15 is 0 Å². The van der Waals surface area contributed by atoms with Crippen molar-refractivity contribution < 1.29 is 14.3 Å². The van der Waals surface area contributed by atoms with Gasteiger partial charge in [0.15, 0.2) is 6.10 Å². The van der Waals surface area contributed by atoms with Crippen molar-refractivity contribution >= 4 is 5.91 Å². The predicted octanol–water partition coefficient (Wildman–Crippen LogP) is 1.95. The molecule has 0 radical (unpaired) electrons. The van der Waals surface area contributed by atoms with Gasteiger partial charge in [0.05, 0.1) is 7.11 Å². The second-order valence-corrected chi connectivity index (χ2v) is 5.37. The highest BCUT2D eigenvalue weighted by Crippen LogP contribution is 2.25. The number of hydrogen-bond acceptors (Lipinski definition) is 4. The SMILES string of the molecule is CNC(=O)C(C)Oc1ccc(OC)cc1CNCC(C)C. The highest BCUT2D eigenvalue weighted by atomic mass is 16.5. The van der Waals surface area contributed by atoms with Crippen LogP contribution in [0, 0.1) is 5.92 Å². The number of likely N-dealkylation sites (N-methyl/N-ethyl adjacent to an activating group) is 1. The monoisotopic (exact) mass is 294 g/mol. The van der Waals surface area contributed by atoms with Gasteiger partial charge in [0.2, 0.25) is 0 Å². The van der Waals surface area contributed by atoms with Crippen molar-refractivity contribution in [2.45, 2.75) is 33.4 Å². The lowest BCUT2D eigenvalue weighted by atomic mass is 10.1. The molecule has 21 heavy (non-hydrogen) atoms. The molecule has 2 N–H and O–H groups in total. The topological polar surface area (TPSA) is 59.6 Å². The summed E-state index contributed by atoms with van der Waals surface area (Å²) in [5.74, 6) is 1.90. The Morgan fingerprint density at radius 2 is 2.00 bits per heavy atom. The van der Waals surface area contributed by atoms with E-state index < -0.39 is 6.10 Å². The first-order valence-corrected chi connectivity index (χ1v) is 7.23. The summed E-state index contributed by atoms with van der Waals surface area (Å²) < 4.78 is 11.0. The van der Waals surface area contributed by atoms with Crippen molar-refractivity contribution in [3.8, 4) is 11.5 Å². The average molecular weight is 294 g/mol. The summed E-state index contributed by atoms with van der Waals surface area (Å²) in [6.45, 7) is 7.63. The van der Waals surface area contributed by atoms with Crippen molar-refractivity contribution in [1.82, 2.24) is 10.6 Å². The van der Waals surface area contributed by atoms with Gasteiger partial charge in [-0.1, -0.05) is 13.8 Å². The fourth-order valence-electron chi connectivity index (χ4n) is 1.88. The number of benzene rings is 1. The highest BCUT2D eigenvalue weighted by molar-refractivity contribution is 5.80. The van der Waals surface area contributed by atoms with E-state index in [1.165, 1.54) is 0 Å². The first-order chi connectivity index (χ1) is 9.97. The molecule has 0 heterocycles. The second kappa shape index (κ2) is 8.52. The molecule has 0 saturated heterocycles. The van der Waals surface area contributed by atoms with Crippen LogP contribution in [0.5, 0.6) is 11.5 Å². The van der Waals surface area contributed by atoms with E-state index in [1.54, 1.807) is 21.1 Å². The first kappa shape index (κ1) is 17.3. The molecule has 0 aliphatic carbocycles. The molecule has 1 amide bonds. The van der Waals surface area contributed by atoms with Crippen molar-refractivity contribution in [2.75, 3.05) is 20.7 Å². The number of ether oxygens (including phenoxy) is 2. The van der Waals surface area contributed by atoms with Gasteiger partial charge in [-0.2, -0.15) is 0 Å². The van der Waals surface area contributed by atoms with Crippen LogP contribution in [0.3, 0.4) is 0 Å². The number of carbonyl (C=O) groups is 1. The Labute approximate surface area is 127 Å². The van der Waals surface area contributed by atoms with Gasteiger partial charge in [0.1, 0.15) is 11.5 Å². The Hall–Kier alpha value is -1.75. The summed E-state index contributed by atoms with van der Waals surface area (Å²) >= 11 is 0. The Kier molecular flexibility index (Phi) is 7.02. The molecule has 0 saturated carbocycles. The maximum Gasteiger partial charge on any atom is 0.260 e. The maximum absolute atomic E-state index is 11.6. The second-order valence-electron chi connectivity index (χ2n) is 5.37. The number of methoxy groups -OCH3 is 1. The Morgan fingerprint density at radius 1 is 1.29 bits per heavy atom. The first-order valence-electron chi connectivity index (χ1n) is 7.23. The van der Waals surface area contributed by atoms with Crippen LogP contribution in [0.1, 0.15) is 26.3 Å². The van der Waals surface area contributed by atoms with Gasteiger partial charge in [-0.3, -0.25) is 4.79 Å². The Bertz CT molecular complexity index is 461. The van der Waals surface area contributed by atoms with Gasteiger partial charge >= 0.3 is 0 Å². The van der Waals surface area contributed by atoms with Crippen LogP contribution in [-0.2, 0) is 11.3 Å². The zero-order valence-corrected chi connectivity index (χ0v) is 13.5. The molecule has 0 bridgehead atoms. The van der Waals surface area contributed by atoms with Crippen LogP contribution in [0.25, 0.3) is 0 Å². The molecule has 1 aromatic carbocycles. The molecule has 0 aliphatic rings. The number of amides is 1. The molecule has 0 spiro atoms. The van der Waals surface area contributed by atoms with Gasteiger partial charge in [0.25, 0.3) is 5.91 Å². The quantitative estimate of drug-likeness (QED) is 0.769. The van der Waals surface area contributed by atoms with Crippen LogP contribution in [0.15, 0.2) is 18.2 Å². The van der Waals surface area contributed by atoms with Crippen LogP contribution in [0.4, 0.5) is 0 Å². The molecule has 1 aromatic rings. The van der Waals surface area contributed by atoms with Crippen molar-refractivity contribution in [3.05, 3.63) is 23.8 Å². The van der Waals surface area contributed by atoms with E-state index in [0.717, 1.165) is 17.9 Å². The zero-order chi connectivity index (χ0) is 15.8. The van der Waals surface area contributed by atoms with Crippen LogP contribution < -0.4 is 20.1 Å². The summed E-state index contributed by atoms with van der Waals surface area (Å²) in [7, 11) is 3.23. The number of nitrogens with one attached hydrogen (secondary N) is 2. The van der Waals surface area contributed by atoms with Gasteiger partial charge in [0, 0.05) is 19.2 Å². The van der Waals surface area contributed by atoms with E-state index in [2.05, 4.69) is 24.5 Å². The average Bonchev–Trinajstić information content (AvgIpc) is 2.47. The smallest absolute Gasteiger partial charge is 0.260 e. The largest absolute Gasteiger partial charge is 0.497 e. The number of carbonyl (C=O) groups excluding carboxylic acids is 1. The summed E-state index contributed by atoms with van der Waals surface area (Å²) in [6.07, 6.45) is -0.535. The van der Waals surface area contributed by atoms with E-state index in [0.29, 0.717) is 18.2 Å². The zero-order valence-electron chi connectivity index (χ0n) is 13.5. The third kappa shape index (κ3) is 5.63. The van der Waals surface area contributed by atoms with Crippen molar-refractivity contribution in [3.63, 3.8) is 0 Å². The van der Waals surface area contributed by atoms with E-state index in [1.807, 2.05) is 18.2 Å². The van der Waals surface area contributed by atoms with Gasteiger partial charge < -0.3 is 20.1 Å². The molecular formula is C16H26N2O3. The molecule has 5 nitrogen and oxygen atoms in total. The maximum atomic E-state index is 11.6. The minimum atomic E-state index is -0.535. The molecule has 0 aliphatic heterocycles. The fourth-order valence-corrected chi connectivity index (χ4v) is 1.88. The third-order valence-electron chi connectivity index (χ3n) is 3.06. The molecule has 1 unspecified atom stereocenters. The molecule has 0 aromatic heterocycles. The third-order valence-corrected chi connectivity index (χ3v) is 3.06. The Balaban J connectivity index is 2.83. The van der Waals surface area contributed by atoms with Crippen molar-refractivity contribution in [2.24, 2.45) is 5.92 Å². The normalized spacial score (nSPS) is 12.1. The van der Waals surface area contributed by atoms with E-state index in [4.69, 9.17) is 9.47 Å². The van der Waals surface area contributed by atoms with Gasteiger partial charge in [-0.25, -0.2) is 0 Å². The number of rotatable bonds is 8. The van der Waals surface area contributed by atoms with Crippen LogP contribution in [0.2, 0.25) is 0 Å². The standard InChI is InChI=1S/C16H26N2O3/c1-11(2)9-18-10-13-8-14(20-5)6-7-15(13)21-12(3)16(19)17-4/h6-8,11-12,18H,9-10H2,1-5H3,(H,17,19).